The van der Waals surface area contributed by atoms with Crippen LogP contribution in [0.15, 0.2) is 0 Å². The topological polar surface area (TPSA) is 46.5 Å². The summed E-state index contributed by atoms with van der Waals surface area (Å²) >= 11 is 0. The first-order valence-electron chi connectivity index (χ1n) is 6.99. The molecule has 0 radical (unpaired) electrons. The van der Waals surface area contributed by atoms with Gasteiger partial charge < -0.3 is 9.84 Å². The molecule has 1 fully saturated rings. The molecule has 1 N–H and O–H groups in total. The first-order valence-corrected chi connectivity index (χ1v) is 6.99. The molecule has 3 atom stereocenters. The summed E-state index contributed by atoms with van der Waals surface area (Å²) in [7, 11) is 0. The zero-order valence-corrected chi connectivity index (χ0v) is 12.6. The number of carbonyl (C=O) groups excluding carboxylic acids is 1. The fourth-order valence-corrected chi connectivity index (χ4v) is 3.11. The average Bonchev–Trinajstić information content (AvgIpc) is 2.11. The molecule has 3 heteroatoms. The molecule has 0 aliphatic heterocycles. The second kappa shape index (κ2) is 5.20. The minimum absolute atomic E-state index is 0.286. The Morgan fingerprint density at radius 2 is 1.72 bits per heavy atom. The van der Waals surface area contributed by atoms with E-state index in [1.807, 2.05) is 20.8 Å². The van der Waals surface area contributed by atoms with Crippen molar-refractivity contribution in [1.82, 2.24) is 0 Å². The van der Waals surface area contributed by atoms with Crippen molar-refractivity contribution < 1.29 is 14.6 Å². The van der Waals surface area contributed by atoms with Crippen LogP contribution < -0.4 is 0 Å². The predicted octanol–water partition coefficient (Wildman–Crippen LogP) is 3.15. The van der Waals surface area contributed by atoms with Gasteiger partial charge in [0.15, 0.2) is 0 Å². The molecule has 0 saturated heterocycles. The third-order valence-electron chi connectivity index (χ3n) is 3.77. The normalized spacial score (nSPS) is 35.1. The van der Waals surface area contributed by atoms with Crippen molar-refractivity contribution in [3.63, 3.8) is 0 Å². The molecule has 0 aromatic carbocycles. The lowest BCUT2D eigenvalue weighted by Gasteiger charge is -2.42. The molecule has 1 saturated carbocycles. The number of ether oxygens (including phenoxy) is 1. The summed E-state index contributed by atoms with van der Waals surface area (Å²) in [6.45, 7) is 11.6. The van der Waals surface area contributed by atoms with E-state index in [4.69, 9.17) is 4.74 Å². The van der Waals surface area contributed by atoms with Crippen LogP contribution >= 0.6 is 0 Å². The molecule has 1 aliphatic carbocycles. The van der Waals surface area contributed by atoms with Gasteiger partial charge in [-0.2, -0.15) is 0 Å². The van der Waals surface area contributed by atoms with E-state index in [0.29, 0.717) is 24.7 Å². The highest BCUT2D eigenvalue weighted by Gasteiger charge is 2.44. The van der Waals surface area contributed by atoms with E-state index in [1.54, 1.807) is 6.92 Å². The first-order chi connectivity index (χ1) is 8.03. The van der Waals surface area contributed by atoms with Crippen molar-refractivity contribution in [3.05, 3.63) is 0 Å². The molecule has 0 aromatic heterocycles. The summed E-state index contributed by atoms with van der Waals surface area (Å²) in [6.07, 6.45) is 2.51. The summed E-state index contributed by atoms with van der Waals surface area (Å²) in [5.41, 5.74) is -1.40. The minimum atomic E-state index is -0.903. The van der Waals surface area contributed by atoms with Gasteiger partial charge in [-0.15, -0.1) is 0 Å². The standard InChI is InChI=1S/C15H28O3/c1-10-7-11(2)9-15(17,8-10)12(3)13(16)18-14(4,5)6/h10-12,17H,7-9H2,1-6H3. The molecule has 106 valence electrons. The van der Waals surface area contributed by atoms with E-state index in [-0.39, 0.29) is 5.97 Å². The van der Waals surface area contributed by atoms with Gasteiger partial charge in [-0.3, -0.25) is 4.79 Å². The van der Waals surface area contributed by atoms with Gasteiger partial charge in [0.05, 0.1) is 11.5 Å². The third-order valence-corrected chi connectivity index (χ3v) is 3.77. The van der Waals surface area contributed by atoms with Crippen LogP contribution in [-0.2, 0) is 9.53 Å². The quantitative estimate of drug-likeness (QED) is 0.772. The third kappa shape index (κ3) is 3.98. The predicted molar refractivity (Wildman–Crippen MR) is 72.1 cm³/mol. The van der Waals surface area contributed by atoms with Crippen LogP contribution in [-0.4, -0.2) is 22.3 Å². The number of hydrogen-bond donors (Lipinski definition) is 1. The second-order valence-electron chi connectivity index (χ2n) is 7.21. The van der Waals surface area contributed by atoms with Crippen LogP contribution in [0.3, 0.4) is 0 Å². The van der Waals surface area contributed by atoms with Crippen molar-refractivity contribution in [1.29, 1.82) is 0 Å². The van der Waals surface area contributed by atoms with Crippen LogP contribution in [0.4, 0.5) is 0 Å². The Morgan fingerprint density at radius 3 is 2.11 bits per heavy atom. The van der Waals surface area contributed by atoms with E-state index in [0.717, 1.165) is 6.42 Å². The van der Waals surface area contributed by atoms with Crippen molar-refractivity contribution in [3.8, 4) is 0 Å². The molecule has 18 heavy (non-hydrogen) atoms. The van der Waals surface area contributed by atoms with Gasteiger partial charge in [0.1, 0.15) is 5.60 Å². The molecule has 0 aromatic rings. The fourth-order valence-electron chi connectivity index (χ4n) is 3.11. The first kappa shape index (κ1) is 15.5. The van der Waals surface area contributed by atoms with E-state index >= 15 is 0 Å². The lowest BCUT2D eigenvalue weighted by molar-refractivity contribution is -0.173. The van der Waals surface area contributed by atoms with E-state index in [9.17, 15) is 9.90 Å². The van der Waals surface area contributed by atoms with Crippen molar-refractivity contribution in [2.75, 3.05) is 0 Å². The maximum atomic E-state index is 12.1. The summed E-state index contributed by atoms with van der Waals surface area (Å²) in [5, 5.41) is 10.7. The van der Waals surface area contributed by atoms with Gasteiger partial charge in [0.2, 0.25) is 0 Å². The smallest absolute Gasteiger partial charge is 0.312 e. The van der Waals surface area contributed by atoms with Gasteiger partial charge in [0, 0.05) is 0 Å². The number of aliphatic hydroxyl groups is 1. The summed E-state index contributed by atoms with van der Waals surface area (Å²) in [5.74, 6) is 0.181. The Balaban J connectivity index is 2.75. The Labute approximate surface area is 111 Å². The zero-order chi connectivity index (χ0) is 14.1. The average molecular weight is 256 g/mol. The van der Waals surface area contributed by atoms with Gasteiger partial charge in [-0.25, -0.2) is 0 Å². The summed E-state index contributed by atoms with van der Waals surface area (Å²) < 4.78 is 5.39. The van der Waals surface area contributed by atoms with E-state index in [1.165, 1.54) is 0 Å². The minimum Gasteiger partial charge on any atom is -0.460 e. The zero-order valence-electron chi connectivity index (χ0n) is 12.6. The Bertz CT molecular complexity index is 293. The molecule has 3 unspecified atom stereocenters. The SMILES string of the molecule is CC1CC(C)CC(O)(C(C)C(=O)OC(C)(C)C)C1. The maximum absolute atomic E-state index is 12.1. The van der Waals surface area contributed by atoms with Crippen LogP contribution in [0.25, 0.3) is 0 Å². The highest BCUT2D eigenvalue weighted by atomic mass is 16.6. The van der Waals surface area contributed by atoms with Crippen LogP contribution in [0, 0.1) is 17.8 Å². The van der Waals surface area contributed by atoms with Crippen LogP contribution in [0.2, 0.25) is 0 Å². The van der Waals surface area contributed by atoms with Crippen LogP contribution in [0.1, 0.15) is 60.8 Å². The Kier molecular flexibility index (Phi) is 4.47. The monoisotopic (exact) mass is 256 g/mol. The molecule has 0 bridgehead atoms. The highest BCUT2D eigenvalue weighted by Crippen LogP contribution is 2.41. The molecular weight excluding hydrogens is 228 g/mol. The van der Waals surface area contributed by atoms with E-state index < -0.39 is 17.1 Å². The Morgan fingerprint density at radius 1 is 1.28 bits per heavy atom. The second-order valence-corrected chi connectivity index (χ2v) is 7.21. The number of carbonyl (C=O) groups is 1. The van der Waals surface area contributed by atoms with Gasteiger partial charge >= 0.3 is 5.97 Å². The van der Waals surface area contributed by atoms with Crippen molar-refractivity contribution in [2.24, 2.45) is 17.8 Å². The lowest BCUT2D eigenvalue weighted by atomic mass is 9.68. The fraction of sp³-hybridized carbons (Fsp3) is 0.933. The summed E-state index contributed by atoms with van der Waals surface area (Å²) in [4.78, 5) is 12.1. The van der Waals surface area contributed by atoms with Gasteiger partial charge in [-0.1, -0.05) is 13.8 Å². The van der Waals surface area contributed by atoms with Gasteiger partial charge in [-0.05, 0) is 58.8 Å². The van der Waals surface area contributed by atoms with Crippen molar-refractivity contribution in [2.45, 2.75) is 72.0 Å². The lowest BCUT2D eigenvalue weighted by Crippen LogP contribution is -2.48. The number of hydrogen-bond acceptors (Lipinski definition) is 3. The maximum Gasteiger partial charge on any atom is 0.312 e. The molecule has 1 rings (SSSR count). The molecular formula is C15H28O3. The van der Waals surface area contributed by atoms with Crippen molar-refractivity contribution >= 4 is 5.97 Å². The van der Waals surface area contributed by atoms with Crippen LogP contribution in [0.5, 0.6) is 0 Å². The molecule has 3 nitrogen and oxygen atoms in total. The van der Waals surface area contributed by atoms with E-state index in [2.05, 4.69) is 13.8 Å². The molecule has 0 spiro atoms. The largest absolute Gasteiger partial charge is 0.460 e. The molecule has 0 heterocycles. The number of esters is 1. The molecule has 1 aliphatic rings. The summed E-state index contributed by atoms with van der Waals surface area (Å²) in [6, 6.07) is 0. The van der Waals surface area contributed by atoms with Gasteiger partial charge in [0.25, 0.3) is 0 Å². The number of rotatable bonds is 2. The Hall–Kier alpha value is -0.570. The highest BCUT2D eigenvalue weighted by molar-refractivity contribution is 5.74. The molecule has 0 amide bonds.